The molecule has 19 heavy (non-hydrogen) atoms. The molecule has 1 aromatic carbocycles. The van der Waals surface area contributed by atoms with Gasteiger partial charge < -0.3 is 5.11 Å². The van der Waals surface area contributed by atoms with E-state index in [1.807, 2.05) is 24.3 Å². The molecule has 0 saturated carbocycles. The minimum atomic E-state index is -0.798. The summed E-state index contributed by atoms with van der Waals surface area (Å²) in [6, 6.07) is 8.00. The minimum Gasteiger partial charge on any atom is -0.477 e. The van der Waals surface area contributed by atoms with Gasteiger partial charge in [0.15, 0.2) is 0 Å². The van der Waals surface area contributed by atoms with Crippen LogP contribution in [-0.2, 0) is 6.54 Å². The van der Waals surface area contributed by atoms with Gasteiger partial charge in [-0.05, 0) is 42.9 Å². The predicted molar refractivity (Wildman–Crippen MR) is 77.9 cm³/mol. The maximum Gasteiger partial charge on any atom is 0.346 e. The highest BCUT2D eigenvalue weighted by Crippen LogP contribution is 2.32. The summed E-state index contributed by atoms with van der Waals surface area (Å²) in [7, 11) is 0. The van der Waals surface area contributed by atoms with E-state index >= 15 is 0 Å². The van der Waals surface area contributed by atoms with Gasteiger partial charge in [-0.3, -0.25) is 4.90 Å². The highest BCUT2D eigenvalue weighted by Gasteiger charge is 2.20. The van der Waals surface area contributed by atoms with Gasteiger partial charge in [-0.15, -0.1) is 11.3 Å². The molecule has 1 N–H and O–H groups in total. The molecule has 1 fully saturated rings. The highest BCUT2D eigenvalue weighted by atomic mass is 32.1. The monoisotopic (exact) mass is 275 g/mol. The van der Waals surface area contributed by atoms with Crippen molar-refractivity contribution in [1.82, 2.24) is 4.90 Å². The normalized spacial score (nSPS) is 16.8. The molecule has 0 unspecified atom stereocenters. The van der Waals surface area contributed by atoms with Gasteiger partial charge in [0.25, 0.3) is 0 Å². The number of benzene rings is 1. The molecule has 3 nitrogen and oxygen atoms in total. The van der Waals surface area contributed by atoms with Crippen molar-refractivity contribution in [3.05, 3.63) is 34.7 Å². The Bertz CT molecular complexity index is 599. The number of aromatic carboxylic acids is 1. The molecule has 0 amide bonds. The van der Waals surface area contributed by atoms with Crippen LogP contribution in [0.4, 0.5) is 0 Å². The molecule has 1 saturated heterocycles. The van der Waals surface area contributed by atoms with E-state index in [4.69, 9.17) is 0 Å². The van der Waals surface area contributed by atoms with Crippen molar-refractivity contribution >= 4 is 27.4 Å². The summed E-state index contributed by atoms with van der Waals surface area (Å²) < 4.78 is 1.08. The fourth-order valence-corrected chi connectivity index (χ4v) is 3.82. The predicted octanol–water partition coefficient (Wildman–Crippen LogP) is 3.59. The number of carbonyl (C=O) groups is 1. The van der Waals surface area contributed by atoms with E-state index in [2.05, 4.69) is 4.90 Å². The van der Waals surface area contributed by atoms with Crippen molar-refractivity contribution in [2.75, 3.05) is 13.1 Å². The maximum atomic E-state index is 11.4. The topological polar surface area (TPSA) is 40.5 Å². The first kappa shape index (κ1) is 12.6. The van der Waals surface area contributed by atoms with E-state index in [-0.39, 0.29) is 0 Å². The van der Waals surface area contributed by atoms with Crippen LogP contribution in [0.25, 0.3) is 10.1 Å². The average molecular weight is 275 g/mol. The Morgan fingerprint density at radius 1 is 1.21 bits per heavy atom. The molecule has 1 aliphatic rings. The van der Waals surface area contributed by atoms with E-state index < -0.39 is 5.97 Å². The third-order valence-electron chi connectivity index (χ3n) is 3.72. The van der Waals surface area contributed by atoms with Gasteiger partial charge in [-0.1, -0.05) is 24.6 Å². The van der Waals surface area contributed by atoms with Gasteiger partial charge in [-0.2, -0.15) is 0 Å². The van der Waals surface area contributed by atoms with Crippen LogP contribution >= 0.6 is 11.3 Å². The number of nitrogens with zero attached hydrogens (tertiary/aromatic N) is 1. The van der Waals surface area contributed by atoms with Gasteiger partial charge in [0.05, 0.1) is 0 Å². The third kappa shape index (κ3) is 2.51. The largest absolute Gasteiger partial charge is 0.477 e. The first-order valence-corrected chi connectivity index (χ1v) is 7.53. The number of rotatable bonds is 3. The van der Waals surface area contributed by atoms with Gasteiger partial charge in [0, 0.05) is 11.2 Å². The Kier molecular flexibility index (Phi) is 3.53. The summed E-state index contributed by atoms with van der Waals surface area (Å²) in [5.41, 5.74) is 0.995. The summed E-state index contributed by atoms with van der Waals surface area (Å²) in [4.78, 5) is 14.3. The standard InChI is InChI=1S/C15H17NO2S/c17-15(18)14-12(10-16-8-4-1-5-9-16)11-6-2-3-7-13(11)19-14/h2-3,6-7H,1,4-5,8-10H2,(H,17,18). The minimum absolute atomic E-state index is 0.506. The highest BCUT2D eigenvalue weighted by molar-refractivity contribution is 7.21. The lowest BCUT2D eigenvalue weighted by Crippen LogP contribution is -2.29. The molecule has 0 aliphatic carbocycles. The van der Waals surface area contributed by atoms with E-state index in [1.165, 1.54) is 30.6 Å². The Balaban J connectivity index is 1.99. The molecule has 1 aliphatic heterocycles. The quantitative estimate of drug-likeness (QED) is 0.930. The first-order valence-electron chi connectivity index (χ1n) is 6.72. The van der Waals surface area contributed by atoms with Crippen LogP contribution in [0.15, 0.2) is 24.3 Å². The van der Waals surface area contributed by atoms with Crippen LogP contribution < -0.4 is 0 Å². The first-order chi connectivity index (χ1) is 9.25. The zero-order chi connectivity index (χ0) is 13.2. The van der Waals surface area contributed by atoms with Crippen molar-refractivity contribution in [2.24, 2.45) is 0 Å². The zero-order valence-corrected chi connectivity index (χ0v) is 11.6. The molecule has 0 spiro atoms. The second-order valence-electron chi connectivity index (χ2n) is 5.05. The molecule has 0 atom stereocenters. The number of likely N-dealkylation sites (tertiary alicyclic amines) is 1. The number of hydrogen-bond donors (Lipinski definition) is 1. The summed E-state index contributed by atoms with van der Waals surface area (Å²) in [6.07, 6.45) is 3.75. The van der Waals surface area contributed by atoms with Crippen LogP contribution in [0.3, 0.4) is 0 Å². The van der Waals surface area contributed by atoms with Crippen molar-refractivity contribution in [3.8, 4) is 0 Å². The summed E-state index contributed by atoms with van der Waals surface area (Å²) in [5.74, 6) is -0.798. The van der Waals surface area contributed by atoms with Crippen LogP contribution in [-0.4, -0.2) is 29.1 Å². The molecule has 2 aromatic rings. The SMILES string of the molecule is O=C(O)c1sc2ccccc2c1CN1CCCCC1. The summed E-state index contributed by atoms with van der Waals surface area (Å²) in [6.45, 7) is 2.94. The van der Waals surface area contributed by atoms with E-state index in [0.717, 1.165) is 35.3 Å². The molecule has 100 valence electrons. The number of fused-ring (bicyclic) bond motifs is 1. The Labute approximate surface area is 116 Å². The summed E-state index contributed by atoms with van der Waals surface area (Å²) >= 11 is 1.39. The second kappa shape index (κ2) is 5.31. The fraction of sp³-hybridized carbons (Fsp3) is 0.400. The molecule has 0 radical (unpaired) electrons. The molecule has 0 bridgehead atoms. The molecule has 4 heteroatoms. The lowest BCUT2D eigenvalue weighted by molar-refractivity contribution is 0.0700. The fourth-order valence-electron chi connectivity index (χ4n) is 2.77. The number of carboxylic acids is 1. The Hall–Kier alpha value is -1.39. The number of piperidine rings is 1. The molecule has 3 rings (SSSR count). The van der Waals surface area contributed by atoms with Gasteiger partial charge in [0.1, 0.15) is 4.88 Å². The van der Waals surface area contributed by atoms with E-state index in [1.54, 1.807) is 0 Å². The lowest BCUT2D eigenvalue weighted by atomic mass is 10.1. The zero-order valence-electron chi connectivity index (χ0n) is 10.8. The van der Waals surface area contributed by atoms with Gasteiger partial charge in [0.2, 0.25) is 0 Å². The third-order valence-corrected chi connectivity index (χ3v) is 4.92. The number of hydrogen-bond acceptors (Lipinski definition) is 3. The number of carboxylic acid groups (broad SMARTS) is 1. The van der Waals surface area contributed by atoms with Gasteiger partial charge >= 0.3 is 5.97 Å². The Morgan fingerprint density at radius 2 is 1.95 bits per heavy atom. The van der Waals surface area contributed by atoms with Crippen LogP contribution in [0, 0.1) is 0 Å². The smallest absolute Gasteiger partial charge is 0.346 e. The average Bonchev–Trinajstić information content (AvgIpc) is 2.79. The Morgan fingerprint density at radius 3 is 2.68 bits per heavy atom. The summed E-state index contributed by atoms with van der Waals surface area (Å²) in [5, 5.41) is 10.5. The molecule has 1 aromatic heterocycles. The van der Waals surface area contributed by atoms with Crippen LogP contribution in [0.2, 0.25) is 0 Å². The van der Waals surface area contributed by atoms with Crippen molar-refractivity contribution in [2.45, 2.75) is 25.8 Å². The van der Waals surface area contributed by atoms with Crippen molar-refractivity contribution in [1.29, 1.82) is 0 Å². The van der Waals surface area contributed by atoms with Crippen LogP contribution in [0.1, 0.15) is 34.5 Å². The molecular formula is C15H17NO2S. The second-order valence-corrected chi connectivity index (χ2v) is 6.10. The molecular weight excluding hydrogens is 258 g/mol. The van der Waals surface area contributed by atoms with Crippen LogP contribution in [0.5, 0.6) is 0 Å². The van der Waals surface area contributed by atoms with Crippen molar-refractivity contribution in [3.63, 3.8) is 0 Å². The maximum absolute atomic E-state index is 11.4. The van der Waals surface area contributed by atoms with E-state index in [0.29, 0.717) is 4.88 Å². The lowest BCUT2D eigenvalue weighted by Gasteiger charge is -2.26. The number of thiophene rings is 1. The van der Waals surface area contributed by atoms with E-state index in [9.17, 15) is 9.90 Å². The molecule has 2 heterocycles. The van der Waals surface area contributed by atoms with Gasteiger partial charge in [-0.25, -0.2) is 4.79 Å². The van der Waals surface area contributed by atoms with Crippen molar-refractivity contribution < 1.29 is 9.90 Å².